The monoisotopic (exact) mass is 574 g/mol. The molecule has 0 amide bonds. The van der Waals surface area contributed by atoms with E-state index in [2.05, 4.69) is 0 Å². The van der Waals surface area contributed by atoms with Gasteiger partial charge in [0.25, 0.3) is 5.56 Å². The smallest absolute Gasteiger partial charge is 0.338 e. The number of benzene rings is 3. The van der Waals surface area contributed by atoms with E-state index in [1.54, 1.807) is 17.8 Å². The van der Waals surface area contributed by atoms with Crippen molar-refractivity contribution in [3.8, 4) is 11.5 Å². The number of allylic oxidation sites excluding steroid dienone is 1. The maximum Gasteiger partial charge on any atom is 0.338 e. The van der Waals surface area contributed by atoms with Gasteiger partial charge in [-0.05, 0) is 53.5 Å². The van der Waals surface area contributed by atoms with Gasteiger partial charge < -0.3 is 14.2 Å². The second kappa shape index (κ2) is 11.9. The standard InChI is InChI=1S/C31H27ClN2O5S/c1-4-23-27(30(36)38-3)28(21-8-6-5-7-9-21)34-29(35)26(40-31(34)33-23)17-20-12-15-24(25(16-20)37-2)39-18-19-10-13-22(32)14-11-19/h5-17,28H,4,18H2,1-3H3/b26-17-/t28-/m0/s1. The molecule has 1 aliphatic heterocycles. The summed E-state index contributed by atoms with van der Waals surface area (Å²) in [6.45, 7) is 2.29. The zero-order valence-electron chi connectivity index (χ0n) is 22.2. The molecule has 0 aliphatic carbocycles. The van der Waals surface area contributed by atoms with Gasteiger partial charge in [-0.3, -0.25) is 9.36 Å². The van der Waals surface area contributed by atoms with E-state index in [9.17, 15) is 9.59 Å². The second-order valence-electron chi connectivity index (χ2n) is 9.02. The molecule has 1 atom stereocenters. The van der Waals surface area contributed by atoms with Crippen LogP contribution in [0.5, 0.6) is 11.5 Å². The van der Waals surface area contributed by atoms with E-state index >= 15 is 0 Å². The molecule has 2 heterocycles. The third kappa shape index (κ3) is 5.46. The predicted molar refractivity (Wildman–Crippen MR) is 156 cm³/mol. The van der Waals surface area contributed by atoms with E-state index in [1.165, 1.54) is 18.4 Å². The number of aromatic nitrogens is 1. The minimum Gasteiger partial charge on any atom is -0.493 e. The van der Waals surface area contributed by atoms with Crippen molar-refractivity contribution in [1.29, 1.82) is 0 Å². The fraction of sp³-hybridized carbons (Fsp3) is 0.194. The molecule has 3 aromatic carbocycles. The second-order valence-corrected chi connectivity index (χ2v) is 10.5. The van der Waals surface area contributed by atoms with Crippen molar-refractivity contribution >= 4 is 35.0 Å². The van der Waals surface area contributed by atoms with Crippen molar-refractivity contribution in [3.05, 3.63) is 125 Å². The summed E-state index contributed by atoms with van der Waals surface area (Å²) in [6.07, 6.45) is 2.32. The number of halogens is 1. The van der Waals surface area contributed by atoms with Crippen molar-refractivity contribution in [2.24, 2.45) is 4.99 Å². The van der Waals surface area contributed by atoms with Gasteiger partial charge in [0, 0.05) is 5.02 Å². The molecule has 0 saturated heterocycles. The number of methoxy groups -OCH3 is 2. The summed E-state index contributed by atoms with van der Waals surface area (Å²) in [5.41, 5.74) is 3.29. The van der Waals surface area contributed by atoms with Gasteiger partial charge in [-0.1, -0.05) is 78.4 Å². The molecular formula is C31H27ClN2O5S. The molecule has 0 spiro atoms. The average molecular weight is 575 g/mol. The summed E-state index contributed by atoms with van der Waals surface area (Å²) in [4.78, 5) is 31.9. The number of ether oxygens (including phenoxy) is 3. The van der Waals surface area contributed by atoms with Crippen LogP contribution in [-0.2, 0) is 16.1 Å². The maximum atomic E-state index is 13.8. The zero-order chi connectivity index (χ0) is 28.2. The Kier molecular flexibility index (Phi) is 8.19. The van der Waals surface area contributed by atoms with Crippen LogP contribution in [0.15, 0.2) is 93.9 Å². The van der Waals surface area contributed by atoms with Crippen LogP contribution < -0.4 is 24.4 Å². The van der Waals surface area contributed by atoms with E-state index in [-0.39, 0.29) is 5.56 Å². The minimum atomic E-state index is -0.639. The van der Waals surface area contributed by atoms with Gasteiger partial charge >= 0.3 is 5.97 Å². The number of carbonyl (C=O) groups excluding carboxylic acids is 1. The van der Waals surface area contributed by atoms with Crippen LogP contribution >= 0.6 is 22.9 Å². The Bertz CT molecular complexity index is 1760. The molecule has 0 N–H and O–H groups in total. The molecule has 1 aliphatic rings. The molecule has 1 aromatic heterocycles. The van der Waals surface area contributed by atoms with Gasteiger partial charge in [0.2, 0.25) is 0 Å². The highest BCUT2D eigenvalue weighted by atomic mass is 35.5. The first-order chi connectivity index (χ1) is 19.4. The summed E-state index contributed by atoms with van der Waals surface area (Å²) in [7, 11) is 2.91. The molecular weight excluding hydrogens is 548 g/mol. The molecule has 0 saturated carbocycles. The van der Waals surface area contributed by atoms with E-state index in [4.69, 9.17) is 30.8 Å². The van der Waals surface area contributed by atoms with Gasteiger partial charge in [-0.2, -0.15) is 0 Å². The van der Waals surface area contributed by atoms with Crippen LogP contribution in [0, 0.1) is 0 Å². The zero-order valence-corrected chi connectivity index (χ0v) is 23.8. The largest absolute Gasteiger partial charge is 0.493 e. The highest BCUT2D eigenvalue weighted by Gasteiger charge is 2.33. The highest BCUT2D eigenvalue weighted by Crippen LogP contribution is 2.32. The quantitative estimate of drug-likeness (QED) is 0.276. The molecule has 40 heavy (non-hydrogen) atoms. The molecule has 204 valence electrons. The number of hydrogen-bond acceptors (Lipinski definition) is 7. The van der Waals surface area contributed by atoms with Crippen LogP contribution in [0.1, 0.15) is 36.1 Å². The van der Waals surface area contributed by atoms with Crippen molar-refractivity contribution < 1.29 is 19.0 Å². The van der Waals surface area contributed by atoms with Crippen LogP contribution in [-0.4, -0.2) is 24.8 Å². The van der Waals surface area contributed by atoms with Crippen molar-refractivity contribution in [1.82, 2.24) is 4.57 Å². The van der Waals surface area contributed by atoms with Crippen LogP contribution in [0.3, 0.4) is 0 Å². The number of fused-ring (bicyclic) bond motifs is 1. The topological polar surface area (TPSA) is 79.1 Å². The molecule has 0 bridgehead atoms. The van der Waals surface area contributed by atoms with Gasteiger partial charge in [0.1, 0.15) is 6.61 Å². The van der Waals surface area contributed by atoms with Crippen LogP contribution in [0.25, 0.3) is 6.08 Å². The number of hydrogen-bond donors (Lipinski definition) is 0. The third-order valence-electron chi connectivity index (χ3n) is 6.56. The molecule has 0 unspecified atom stereocenters. The molecule has 4 aromatic rings. The third-order valence-corrected chi connectivity index (χ3v) is 7.79. The summed E-state index contributed by atoms with van der Waals surface area (Å²) in [5, 5.41) is 0.665. The molecule has 0 radical (unpaired) electrons. The van der Waals surface area contributed by atoms with E-state index in [0.29, 0.717) is 50.2 Å². The summed E-state index contributed by atoms with van der Waals surface area (Å²) < 4.78 is 18.7. The molecule has 0 fully saturated rings. The first kappa shape index (κ1) is 27.4. The maximum absolute atomic E-state index is 13.8. The minimum absolute atomic E-state index is 0.240. The van der Waals surface area contributed by atoms with E-state index in [1.807, 2.05) is 79.7 Å². The highest BCUT2D eigenvalue weighted by molar-refractivity contribution is 7.07. The van der Waals surface area contributed by atoms with Gasteiger partial charge in [0.05, 0.1) is 36.1 Å². The Balaban J connectivity index is 1.55. The Morgan fingerprint density at radius 2 is 1.80 bits per heavy atom. The number of nitrogens with zero attached hydrogens (tertiary/aromatic N) is 2. The number of thiazole rings is 1. The summed E-state index contributed by atoms with van der Waals surface area (Å²) in [6, 6.07) is 21.8. The number of rotatable bonds is 8. The Labute approximate surface area is 240 Å². The number of carbonyl (C=O) groups is 1. The van der Waals surface area contributed by atoms with E-state index in [0.717, 1.165) is 16.7 Å². The van der Waals surface area contributed by atoms with Crippen LogP contribution in [0.2, 0.25) is 5.02 Å². The van der Waals surface area contributed by atoms with Crippen molar-refractivity contribution in [2.75, 3.05) is 14.2 Å². The lowest BCUT2D eigenvalue weighted by atomic mass is 9.95. The Morgan fingerprint density at radius 1 is 1.05 bits per heavy atom. The lowest BCUT2D eigenvalue weighted by molar-refractivity contribution is -0.136. The van der Waals surface area contributed by atoms with Gasteiger partial charge in [0.15, 0.2) is 16.3 Å². The fourth-order valence-corrected chi connectivity index (χ4v) is 5.75. The first-order valence-corrected chi connectivity index (χ1v) is 13.9. The molecule has 9 heteroatoms. The Morgan fingerprint density at radius 3 is 2.48 bits per heavy atom. The number of esters is 1. The Hall–Kier alpha value is -4.14. The van der Waals surface area contributed by atoms with Gasteiger partial charge in [-0.25, -0.2) is 9.79 Å². The first-order valence-electron chi connectivity index (χ1n) is 12.7. The average Bonchev–Trinajstić information content (AvgIpc) is 3.30. The summed E-state index contributed by atoms with van der Waals surface area (Å²) in [5.74, 6) is 0.622. The van der Waals surface area contributed by atoms with Crippen molar-refractivity contribution in [3.63, 3.8) is 0 Å². The van der Waals surface area contributed by atoms with Crippen LogP contribution in [0.4, 0.5) is 0 Å². The van der Waals surface area contributed by atoms with Gasteiger partial charge in [-0.15, -0.1) is 0 Å². The molecule has 5 rings (SSSR count). The SMILES string of the molecule is CCC1=C(C(=O)OC)[C@H](c2ccccc2)n2c(s/c(=C\c3ccc(OCc4ccc(Cl)cc4)c(OC)c3)c2=O)=N1. The molecule has 7 nitrogen and oxygen atoms in total. The normalized spacial score (nSPS) is 14.9. The van der Waals surface area contributed by atoms with E-state index < -0.39 is 12.0 Å². The fourth-order valence-electron chi connectivity index (χ4n) is 4.60. The lowest BCUT2D eigenvalue weighted by Crippen LogP contribution is -2.40. The predicted octanol–water partition coefficient (Wildman–Crippen LogP) is 5.04. The summed E-state index contributed by atoms with van der Waals surface area (Å²) >= 11 is 7.25. The lowest BCUT2D eigenvalue weighted by Gasteiger charge is -2.25. The van der Waals surface area contributed by atoms with Crippen molar-refractivity contribution in [2.45, 2.75) is 26.0 Å².